The van der Waals surface area contributed by atoms with Gasteiger partial charge in [0.1, 0.15) is 11.8 Å². The molecule has 1 aliphatic rings. The van der Waals surface area contributed by atoms with Crippen molar-refractivity contribution in [3.8, 4) is 11.8 Å². The summed E-state index contributed by atoms with van der Waals surface area (Å²) in [5.41, 5.74) is 2.17. The third-order valence-corrected chi connectivity index (χ3v) is 4.31. The van der Waals surface area contributed by atoms with Crippen LogP contribution in [0.1, 0.15) is 37.7 Å². The monoisotopic (exact) mass is 287 g/mol. The smallest absolute Gasteiger partial charge is 0.208 e. The van der Waals surface area contributed by atoms with Crippen molar-refractivity contribution in [1.29, 1.82) is 5.26 Å². The fourth-order valence-electron chi connectivity index (χ4n) is 2.81. The molecular formula is C16H21N3O2. The maximum absolute atomic E-state index is 10.4. The largest absolute Gasteiger partial charge is 0.506 e. The molecule has 1 saturated carbocycles. The third-order valence-electron chi connectivity index (χ3n) is 4.31. The summed E-state index contributed by atoms with van der Waals surface area (Å²) < 4.78 is 0. The number of aromatic hydroxyl groups is 1. The number of carbonyl (C=O) groups is 1. The molecule has 0 saturated heterocycles. The van der Waals surface area contributed by atoms with Gasteiger partial charge in [-0.1, -0.05) is 6.07 Å². The molecule has 1 aromatic carbocycles. The first kappa shape index (κ1) is 15.2. The van der Waals surface area contributed by atoms with Gasteiger partial charge in [-0.3, -0.25) is 4.79 Å². The molecule has 0 bridgehead atoms. The van der Waals surface area contributed by atoms with E-state index in [0.717, 1.165) is 31.4 Å². The molecule has 1 unspecified atom stereocenters. The number of nitrogens with one attached hydrogen (secondary N) is 2. The zero-order chi connectivity index (χ0) is 15.3. The van der Waals surface area contributed by atoms with Crippen molar-refractivity contribution in [2.75, 3.05) is 12.4 Å². The molecule has 0 spiro atoms. The molecular weight excluding hydrogens is 266 g/mol. The Morgan fingerprint density at radius 2 is 2.29 bits per heavy atom. The lowest BCUT2D eigenvalue weighted by Gasteiger charge is -2.18. The normalized spacial score (nSPS) is 16.6. The number of hydrogen-bond donors (Lipinski definition) is 3. The van der Waals surface area contributed by atoms with Crippen molar-refractivity contribution in [1.82, 2.24) is 5.32 Å². The van der Waals surface area contributed by atoms with E-state index in [1.54, 1.807) is 13.1 Å². The van der Waals surface area contributed by atoms with E-state index in [9.17, 15) is 9.90 Å². The summed E-state index contributed by atoms with van der Waals surface area (Å²) in [5, 5.41) is 24.1. The standard InChI is InChI=1S/C16H21N3O2/c1-18-14-9-12(4-5-15(14)21)16(7-8-16)6-2-3-13(10-17)19-11-20/h4-5,9,11,13,18,21H,2-3,6-8H2,1H3,(H,19,20). The van der Waals surface area contributed by atoms with E-state index in [-0.39, 0.29) is 11.2 Å². The number of rotatable bonds is 8. The van der Waals surface area contributed by atoms with Crippen LogP contribution in [0.2, 0.25) is 0 Å². The Bertz CT molecular complexity index is 547. The number of hydrogen-bond acceptors (Lipinski definition) is 4. The van der Waals surface area contributed by atoms with Gasteiger partial charge in [-0.2, -0.15) is 5.26 Å². The quantitative estimate of drug-likeness (QED) is 0.506. The van der Waals surface area contributed by atoms with E-state index in [0.29, 0.717) is 12.8 Å². The van der Waals surface area contributed by atoms with Gasteiger partial charge in [0, 0.05) is 7.05 Å². The summed E-state index contributed by atoms with van der Waals surface area (Å²) in [6.45, 7) is 0. The topological polar surface area (TPSA) is 85.2 Å². The Kier molecular flexibility index (Phi) is 4.69. The number of carbonyl (C=O) groups excluding carboxylic acids is 1. The number of amides is 1. The Balaban J connectivity index is 1.97. The van der Waals surface area contributed by atoms with Crippen LogP contribution in [0.4, 0.5) is 5.69 Å². The highest BCUT2D eigenvalue weighted by Crippen LogP contribution is 2.53. The molecule has 1 amide bonds. The fourth-order valence-corrected chi connectivity index (χ4v) is 2.81. The Labute approximate surface area is 125 Å². The second kappa shape index (κ2) is 6.49. The molecule has 1 aromatic rings. The van der Waals surface area contributed by atoms with Crippen molar-refractivity contribution < 1.29 is 9.90 Å². The summed E-state index contributed by atoms with van der Waals surface area (Å²) in [4.78, 5) is 10.4. The molecule has 0 aromatic heterocycles. The molecule has 112 valence electrons. The highest BCUT2D eigenvalue weighted by atomic mass is 16.3. The molecule has 5 nitrogen and oxygen atoms in total. The zero-order valence-corrected chi connectivity index (χ0v) is 12.2. The minimum absolute atomic E-state index is 0.181. The van der Waals surface area contributed by atoms with Gasteiger partial charge < -0.3 is 15.7 Å². The summed E-state index contributed by atoms with van der Waals surface area (Å²) in [6, 6.07) is 7.41. The lowest BCUT2D eigenvalue weighted by molar-refractivity contribution is -0.109. The van der Waals surface area contributed by atoms with E-state index in [1.807, 2.05) is 12.1 Å². The lowest BCUT2D eigenvalue weighted by atomic mass is 9.89. The second-order valence-electron chi connectivity index (χ2n) is 5.62. The van der Waals surface area contributed by atoms with E-state index in [1.165, 1.54) is 5.56 Å². The van der Waals surface area contributed by atoms with Gasteiger partial charge in [-0.05, 0) is 55.2 Å². The maximum atomic E-state index is 10.4. The first-order chi connectivity index (χ1) is 10.1. The summed E-state index contributed by atoms with van der Waals surface area (Å²) in [6.07, 6.45) is 5.43. The zero-order valence-electron chi connectivity index (χ0n) is 12.2. The van der Waals surface area contributed by atoms with Crippen molar-refractivity contribution in [3.63, 3.8) is 0 Å². The molecule has 0 radical (unpaired) electrons. The summed E-state index contributed by atoms with van der Waals surface area (Å²) in [7, 11) is 1.79. The predicted octanol–water partition coefficient (Wildman–Crippen LogP) is 2.27. The van der Waals surface area contributed by atoms with E-state index >= 15 is 0 Å². The average molecular weight is 287 g/mol. The van der Waals surface area contributed by atoms with Crippen molar-refractivity contribution in [2.45, 2.75) is 43.6 Å². The number of benzene rings is 1. The van der Waals surface area contributed by atoms with Crippen LogP contribution in [-0.4, -0.2) is 24.6 Å². The van der Waals surface area contributed by atoms with Crippen LogP contribution in [0.5, 0.6) is 5.75 Å². The Hall–Kier alpha value is -2.22. The minimum Gasteiger partial charge on any atom is -0.506 e. The number of nitriles is 1. The Morgan fingerprint density at radius 1 is 1.52 bits per heavy atom. The fraction of sp³-hybridized carbons (Fsp3) is 0.500. The molecule has 5 heteroatoms. The van der Waals surface area contributed by atoms with Crippen LogP contribution in [0, 0.1) is 11.3 Å². The van der Waals surface area contributed by atoms with Gasteiger partial charge in [-0.15, -0.1) is 0 Å². The van der Waals surface area contributed by atoms with Crippen LogP contribution < -0.4 is 10.6 Å². The number of phenols is 1. The van der Waals surface area contributed by atoms with Gasteiger partial charge in [0.2, 0.25) is 6.41 Å². The van der Waals surface area contributed by atoms with Crippen LogP contribution in [0.25, 0.3) is 0 Å². The number of nitrogens with zero attached hydrogens (tertiary/aromatic N) is 1. The van der Waals surface area contributed by atoms with Crippen molar-refractivity contribution >= 4 is 12.1 Å². The highest BCUT2D eigenvalue weighted by Gasteiger charge is 2.43. The van der Waals surface area contributed by atoms with Crippen molar-refractivity contribution in [2.24, 2.45) is 0 Å². The van der Waals surface area contributed by atoms with Gasteiger partial charge in [-0.25, -0.2) is 0 Å². The number of anilines is 1. The molecule has 21 heavy (non-hydrogen) atoms. The van der Waals surface area contributed by atoms with Crippen LogP contribution >= 0.6 is 0 Å². The molecule has 1 atom stereocenters. The summed E-state index contributed by atoms with van der Waals surface area (Å²) in [5.74, 6) is 0.261. The van der Waals surface area contributed by atoms with E-state index in [4.69, 9.17) is 5.26 Å². The van der Waals surface area contributed by atoms with Gasteiger partial charge in [0.05, 0.1) is 11.8 Å². The van der Waals surface area contributed by atoms with Crippen LogP contribution in [-0.2, 0) is 10.2 Å². The van der Waals surface area contributed by atoms with Crippen LogP contribution in [0.3, 0.4) is 0 Å². The maximum Gasteiger partial charge on any atom is 0.208 e. The summed E-state index contributed by atoms with van der Waals surface area (Å²) >= 11 is 0. The van der Waals surface area contributed by atoms with Gasteiger partial charge in [0.25, 0.3) is 0 Å². The molecule has 0 heterocycles. The average Bonchev–Trinajstić information content (AvgIpc) is 3.28. The lowest BCUT2D eigenvalue weighted by Crippen LogP contribution is -2.26. The van der Waals surface area contributed by atoms with Gasteiger partial charge in [0.15, 0.2) is 0 Å². The molecule has 0 aliphatic heterocycles. The highest BCUT2D eigenvalue weighted by molar-refractivity contribution is 5.58. The van der Waals surface area contributed by atoms with Crippen molar-refractivity contribution in [3.05, 3.63) is 23.8 Å². The number of phenolic OH excluding ortho intramolecular Hbond substituents is 1. The SMILES string of the molecule is CNc1cc(C2(CCCC(C#N)NC=O)CC2)ccc1O. The second-order valence-corrected chi connectivity index (χ2v) is 5.62. The molecule has 2 rings (SSSR count). The Morgan fingerprint density at radius 3 is 2.86 bits per heavy atom. The third kappa shape index (κ3) is 3.46. The molecule has 1 aliphatic carbocycles. The molecule has 1 fully saturated rings. The minimum atomic E-state index is -0.397. The predicted molar refractivity (Wildman–Crippen MR) is 81.0 cm³/mol. The first-order valence-electron chi connectivity index (χ1n) is 7.26. The van der Waals surface area contributed by atoms with E-state index in [2.05, 4.69) is 16.7 Å². The first-order valence-corrected chi connectivity index (χ1v) is 7.26. The van der Waals surface area contributed by atoms with Crippen LogP contribution in [0.15, 0.2) is 18.2 Å². The van der Waals surface area contributed by atoms with Gasteiger partial charge >= 0.3 is 0 Å². The molecule has 3 N–H and O–H groups in total. The van der Waals surface area contributed by atoms with E-state index < -0.39 is 6.04 Å².